The van der Waals surface area contributed by atoms with Gasteiger partial charge in [-0.25, -0.2) is 9.59 Å². The van der Waals surface area contributed by atoms with Crippen LogP contribution in [0, 0.1) is 11.8 Å². The van der Waals surface area contributed by atoms with Crippen LogP contribution in [-0.4, -0.2) is 70.2 Å². The van der Waals surface area contributed by atoms with E-state index in [9.17, 15) is 19.8 Å². The van der Waals surface area contributed by atoms with E-state index in [1.165, 1.54) is 0 Å². The molecule has 0 bridgehead atoms. The Morgan fingerprint density at radius 2 is 1.04 bits per heavy atom. The quantitative estimate of drug-likeness (QED) is 0.762. The molecule has 6 unspecified atom stereocenters. The van der Waals surface area contributed by atoms with Crippen molar-refractivity contribution in [2.75, 3.05) is 14.1 Å². The molecule has 0 aromatic carbocycles. The van der Waals surface area contributed by atoms with Crippen LogP contribution >= 0.6 is 0 Å². The van der Waals surface area contributed by atoms with Gasteiger partial charge in [-0.1, -0.05) is 0 Å². The minimum atomic E-state index is -1.08. The number of hydrogen-bond acceptors (Lipinski definition) is 4. The first-order valence-corrected chi connectivity index (χ1v) is 8.72. The summed E-state index contributed by atoms with van der Waals surface area (Å²) in [4.78, 5) is 28.4. The highest BCUT2D eigenvalue weighted by Gasteiger charge is 2.45. The highest BCUT2D eigenvalue weighted by molar-refractivity contribution is 5.99. The molecule has 0 aliphatic carbocycles. The van der Waals surface area contributed by atoms with Crippen molar-refractivity contribution in [1.29, 1.82) is 0 Å². The van der Waals surface area contributed by atoms with Crippen molar-refractivity contribution in [2.45, 2.75) is 64.7 Å². The van der Waals surface area contributed by atoms with Gasteiger partial charge in [-0.2, -0.15) is 0 Å². The Kier molecular flexibility index (Phi) is 5.40. The molecule has 2 fully saturated rings. The number of rotatable bonds is 4. The molecule has 0 aromatic rings. The van der Waals surface area contributed by atoms with Crippen LogP contribution < -0.4 is 0 Å². The lowest BCUT2D eigenvalue weighted by Gasteiger charge is -2.27. The van der Waals surface area contributed by atoms with Crippen molar-refractivity contribution in [3.63, 3.8) is 0 Å². The van der Waals surface area contributed by atoms with E-state index in [-0.39, 0.29) is 47.1 Å². The number of hydrogen-bond donors (Lipinski definition) is 2. The Morgan fingerprint density at radius 3 is 1.21 bits per heavy atom. The van der Waals surface area contributed by atoms with E-state index in [4.69, 9.17) is 0 Å². The van der Waals surface area contributed by atoms with E-state index < -0.39 is 11.9 Å². The molecular weight excluding hydrogens is 308 g/mol. The van der Waals surface area contributed by atoms with E-state index in [0.29, 0.717) is 12.8 Å². The Balaban J connectivity index is 2.54. The molecule has 2 aliphatic rings. The molecule has 0 spiro atoms. The molecule has 6 nitrogen and oxygen atoms in total. The third kappa shape index (κ3) is 3.09. The second kappa shape index (κ2) is 6.84. The molecule has 0 radical (unpaired) electrons. The van der Waals surface area contributed by atoms with Crippen LogP contribution in [0.3, 0.4) is 0 Å². The van der Waals surface area contributed by atoms with Crippen molar-refractivity contribution in [2.24, 2.45) is 11.8 Å². The van der Waals surface area contributed by atoms with Crippen LogP contribution in [0.1, 0.15) is 40.5 Å². The summed E-state index contributed by atoms with van der Waals surface area (Å²) in [5.74, 6) is -2.66. The Bertz CT molecular complexity index is 511. The lowest BCUT2D eigenvalue weighted by Crippen LogP contribution is -2.35. The third-order valence-corrected chi connectivity index (χ3v) is 6.52. The maximum absolute atomic E-state index is 12.1. The zero-order chi connectivity index (χ0) is 18.3. The van der Waals surface area contributed by atoms with Gasteiger partial charge in [0.25, 0.3) is 0 Å². The summed E-state index contributed by atoms with van der Waals surface area (Å²) in [6, 6.07) is 0.536. The van der Waals surface area contributed by atoms with Gasteiger partial charge in [0.05, 0.1) is 11.1 Å². The van der Waals surface area contributed by atoms with E-state index in [1.54, 1.807) is 0 Å². The van der Waals surface area contributed by atoms with Gasteiger partial charge in [-0.05, 0) is 54.6 Å². The Hall–Kier alpha value is -1.40. The predicted octanol–water partition coefficient (Wildman–Crippen LogP) is 1.91. The molecule has 0 saturated carbocycles. The highest BCUT2D eigenvalue weighted by atomic mass is 16.4. The molecule has 2 heterocycles. The summed E-state index contributed by atoms with van der Waals surface area (Å²) in [6.45, 7) is 8.10. The van der Waals surface area contributed by atoms with Crippen molar-refractivity contribution in [3.8, 4) is 0 Å². The summed E-state index contributed by atoms with van der Waals surface area (Å²) in [5.41, 5.74) is 0.232. The number of nitrogens with zero attached hydrogens (tertiary/aromatic N) is 2. The van der Waals surface area contributed by atoms with Crippen LogP contribution in [0.15, 0.2) is 11.1 Å². The average molecular weight is 338 g/mol. The summed E-state index contributed by atoms with van der Waals surface area (Å²) < 4.78 is 0. The molecule has 2 saturated heterocycles. The molecular formula is C18H30N2O4. The van der Waals surface area contributed by atoms with Crippen LogP contribution in [0.5, 0.6) is 0 Å². The van der Waals surface area contributed by atoms with Crippen LogP contribution in [0.2, 0.25) is 0 Å². The summed E-state index contributed by atoms with van der Waals surface area (Å²) in [6.07, 6.45) is 1.37. The lowest BCUT2D eigenvalue weighted by molar-refractivity contribution is -0.137. The molecule has 6 heteroatoms. The molecule has 0 aromatic heterocycles. The number of likely N-dealkylation sites (tertiary alicyclic amines) is 2. The molecule has 2 aliphatic heterocycles. The topological polar surface area (TPSA) is 81.1 Å². The van der Waals surface area contributed by atoms with Crippen molar-refractivity contribution in [3.05, 3.63) is 11.1 Å². The molecule has 24 heavy (non-hydrogen) atoms. The molecule has 2 rings (SSSR count). The summed E-state index contributed by atoms with van der Waals surface area (Å²) >= 11 is 0. The van der Waals surface area contributed by atoms with Gasteiger partial charge in [-0.3, -0.25) is 0 Å². The van der Waals surface area contributed by atoms with Crippen molar-refractivity contribution in [1.82, 2.24) is 9.80 Å². The third-order valence-electron chi connectivity index (χ3n) is 6.52. The van der Waals surface area contributed by atoms with E-state index in [2.05, 4.69) is 23.6 Å². The Labute approximate surface area is 144 Å². The molecule has 136 valence electrons. The molecule has 0 amide bonds. The standard InChI is InChI=1S/C18H30N2O4/c1-9-7-13(11(3)19(9)5)15(17(21)22)16(18(23)24)14-8-10(2)20(6)12(14)4/h9-14H,7-8H2,1-6H3,(H,21,22)(H,23,24)/b16-15-. The van der Waals surface area contributed by atoms with E-state index in [0.717, 1.165) is 0 Å². The van der Waals surface area contributed by atoms with Gasteiger partial charge in [0, 0.05) is 36.0 Å². The lowest BCUT2D eigenvalue weighted by atomic mass is 9.80. The fourth-order valence-corrected chi connectivity index (χ4v) is 4.50. The van der Waals surface area contributed by atoms with Crippen LogP contribution in [0.25, 0.3) is 0 Å². The van der Waals surface area contributed by atoms with Gasteiger partial charge in [0.15, 0.2) is 0 Å². The molecule has 2 N–H and O–H groups in total. The number of carboxylic acids is 2. The first-order valence-electron chi connectivity index (χ1n) is 8.72. The van der Waals surface area contributed by atoms with Gasteiger partial charge in [0.2, 0.25) is 0 Å². The van der Waals surface area contributed by atoms with E-state index >= 15 is 0 Å². The van der Waals surface area contributed by atoms with Gasteiger partial charge in [0.1, 0.15) is 0 Å². The van der Waals surface area contributed by atoms with E-state index in [1.807, 2.05) is 27.9 Å². The first-order chi connectivity index (χ1) is 11.1. The fraction of sp³-hybridized carbons (Fsp3) is 0.778. The fourth-order valence-electron chi connectivity index (χ4n) is 4.50. The van der Waals surface area contributed by atoms with Crippen molar-refractivity contribution < 1.29 is 19.8 Å². The van der Waals surface area contributed by atoms with Crippen molar-refractivity contribution >= 4 is 11.9 Å². The zero-order valence-corrected chi connectivity index (χ0v) is 15.5. The second-order valence-electron chi connectivity index (χ2n) is 7.63. The minimum absolute atomic E-state index is 0.0207. The predicted molar refractivity (Wildman–Crippen MR) is 91.9 cm³/mol. The number of aliphatic carboxylic acids is 2. The normalized spacial score (nSPS) is 39.1. The first kappa shape index (κ1) is 18.9. The average Bonchev–Trinajstić information content (AvgIpc) is 2.89. The summed E-state index contributed by atoms with van der Waals surface area (Å²) in [5, 5.41) is 19.7. The minimum Gasteiger partial charge on any atom is -0.478 e. The van der Waals surface area contributed by atoms with Crippen LogP contribution in [0.4, 0.5) is 0 Å². The van der Waals surface area contributed by atoms with Gasteiger partial charge >= 0.3 is 11.9 Å². The number of carboxylic acid groups (broad SMARTS) is 2. The maximum atomic E-state index is 12.1. The monoisotopic (exact) mass is 338 g/mol. The highest BCUT2D eigenvalue weighted by Crippen LogP contribution is 2.41. The largest absolute Gasteiger partial charge is 0.478 e. The van der Waals surface area contributed by atoms with Gasteiger partial charge < -0.3 is 20.0 Å². The molecule has 6 atom stereocenters. The Morgan fingerprint density at radius 1 is 0.750 bits per heavy atom. The van der Waals surface area contributed by atoms with Crippen LogP contribution in [-0.2, 0) is 9.59 Å². The second-order valence-corrected chi connectivity index (χ2v) is 7.63. The van der Waals surface area contributed by atoms with Gasteiger partial charge in [-0.15, -0.1) is 0 Å². The smallest absolute Gasteiger partial charge is 0.332 e. The maximum Gasteiger partial charge on any atom is 0.332 e. The zero-order valence-electron chi connectivity index (χ0n) is 15.5. The SMILES string of the molecule is CC1CC(/C(C(=O)O)=C(/C(=O)O)C2CC(C)N(C)C2C)C(C)N1C. The number of carbonyl (C=O) groups is 2. The summed E-state index contributed by atoms with van der Waals surface area (Å²) in [7, 11) is 3.95.